The summed E-state index contributed by atoms with van der Waals surface area (Å²) in [5.74, 6) is 0.113. The number of nitrogens with zero attached hydrogens (tertiary/aromatic N) is 3. The van der Waals surface area contributed by atoms with E-state index < -0.39 is 5.97 Å². The number of rotatable bonds is 5. The van der Waals surface area contributed by atoms with Crippen molar-refractivity contribution in [1.29, 1.82) is 0 Å². The molecule has 0 N–H and O–H groups in total. The number of esters is 1. The Kier molecular flexibility index (Phi) is 6.02. The van der Waals surface area contributed by atoms with Gasteiger partial charge in [-0.3, -0.25) is 9.78 Å². The molecule has 31 heavy (non-hydrogen) atoms. The molecule has 3 aromatic rings. The monoisotopic (exact) mass is 419 g/mol. The van der Waals surface area contributed by atoms with Crippen LogP contribution in [0.5, 0.6) is 5.75 Å². The van der Waals surface area contributed by atoms with Gasteiger partial charge in [0.25, 0.3) is 5.91 Å². The Morgan fingerprint density at radius 1 is 1.00 bits per heavy atom. The topological polar surface area (TPSA) is 72.0 Å². The lowest BCUT2D eigenvalue weighted by Gasteiger charge is -2.36. The molecular formula is C24H25N3O4. The van der Waals surface area contributed by atoms with Crippen molar-refractivity contribution in [2.45, 2.75) is 6.92 Å². The van der Waals surface area contributed by atoms with E-state index in [1.54, 1.807) is 18.1 Å². The van der Waals surface area contributed by atoms with Crippen molar-refractivity contribution in [3.05, 3.63) is 65.9 Å². The summed E-state index contributed by atoms with van der Waals surface area (Å²) in [6.07, 6.45) is 0. The highest BCUT2D eigenvalue weighted by atomic mass is 16.5. The predicted molar refractivity (Wildman–Crippen MR) is 119 cm³/mol. The second-order valence-electron chi connectivity index (χ2n) is 7.44. The Hall–Kier alpha value is -3.61. The van der Waals surface area contributed by atoms with Gasteiger partial charge in [0.05, 0.1) is 23.9 Å². The Balaban J connectivity index is 1.35. The molecule has 7 nitrogen and oxygen atoms in total. The van der Waals surface area contributed by atoms with E-state index >= 15 is 0 Å². The highest BCUT2D eigenvalue weighted by molar-refractivity contribution is 6.04. The number of benzene rings is 2. The number of anilines is 1. The lowest BCUT2D eigenvalue weighted by molar-refractivity contribution is -0.134. The van der Waals surface area contributed by atoms with Gasteiger partial charge in [-0.05, 0) is 31.2 Å². The minimum absolute atomic E-state index is 0.192. The first-order valence-electron chi connectivity index (χ1n) is 10.3. The molecule has 1 aromatic heterocycles. The molecule has 0 aliphatic carbocycles. The molecular weight excluding hydrogens is 394 g/mol. The number of methoxy groups -OCH3 is 1. The fourth-order valence-electron chi connectivity index (χ4n) is 3.86. The Morgan fingerprint density at radius 2 is 1.71 bits per heavy atom. The van der Waals surface area contributed by atoms with Gasteiger partial charge < -0.3 is 19.3 Å². The molecule has 1 saturated heterocycles. The molecule has 1 fully saturated rings. The summed E-state index contributed by atoms with van der Waals surface area (Å²) in [4.78, 5) is 33.6. The van der Waals surface area contributed by atoms with Crippen LogP contribution in [0.2, 0.25) is 0 Å². The molecule has 0 radical (unpaired) electrons. The summed E-state index contributed by atoms with van der Waals surface area (Å²) >= 11 is 0. The average Bonchev–Trinajstić information content (AvgIpc) is 2.81. The number of carbonyl (C=O) groups is 2. The van der Waals surface area contributed by atoms with Crippen LogP contribution in [0.15, 0.2) is 54.6 Å². The smallest absolute Gasteiger partial charge is 0.339 e. The third-order valence-corrected chi connectivity index (χ3v) is 5.45. The first-order chi connectivity index (χ1) is 15.1. The summed E-state index contributed by atoms with van der Waals surface area (Å²) in [5, 5.41) is 0.718. The molecule has 0 bridgehead atoms. The van der Waals surface area contributed by atoms with E-state index in [9.17, 15) is 9.59 Å². The molecule has 160 valence electrons. The number of pyridine rings is 1. The maximum atomic E-state index is 12.7. The number of para-hydroxylation sites is 3. The molecule has 4 rings (SSSR count). The van der Waals surface area contributed by atoms with Crippen molar-refractivity contribution in [3.63, 3.8) is 0 Å². The van der Waals surface area contributed by atoms with Gasteiger partial charge in [0, 0.05) is 37.3 Å². The number of aromatic nitrogens is 1. The molecule has 0 saturated carbocycles. The number of hydrogen-bond donors (Lipinski definition) is 0. The van der Waals surface area contributed by atoms with Crippen LogP contribution in [0.25, 0.3) is 10.9 Å². The zero-order valence-corrected chi connectivity index (χ0v) is 17.7. The van der Waals surface area contributed by atoms with E-state index in [1.165, 1.54) is 0 Å². The maximum Gasteiger partial charge on any atom is 0.339 e. The highest BCUT2D eigenvalue weighted by Crippen LogP contribution is 2.28. The van der Waals surface area contributed by atoms with E-state index in [0.717, 1.165) is 28.0 Å². The summed E-state index contributed by atoms with van der Waals surface area (Å²) in [6, 6.07) is 16.9. The lowest BCUT2D eigenvalue weighted by Crippen LogP contribution is -2.50. The van der Waals surface area contributed by atoms with E-state index in [1.807, 2.05) is 55.5 Å². The zero-order chi connectivity index (χ0) is 21.8. The number of aryl methyl sites for hydroxylation is 1. The number of hydrogen-bond acceptors (Lipinski definition) is 6. The van der Waals surface area contributed by atoms with Gasteiger partial charge in [-0.1, -0.05) is 30.3 Å². The highest BCUT2D eigenvalue weighted by Gasteiger charge is 2.24. The number of carbonyl (C=O) groups excluding carboxylic acids is 2. The van der Waals surface area contributed by atoms with E-state index in [4.69, 9.17) is 9.47 Å². The van der Waals surface area contributed by atoms with Crippen molar-refractivity contribution in [2.24, 2.45) is 0 Å². The standard InChI is InChI=1S/C24H25N3O4/c1-17-15-19(18-7-3-4-8-20(18)25-17)24(29)31-16-23(28)27-13-11-26(12-14-27)21-9-5-6-10-22(21)30-2/h3-10,15H,11-14,16H2,1-2H3. The fraction of sp³-hybridized carbons (Fsp3) is 0.292. The van der Waals surface area contributed by atoms with Crippen molar-refractivity contribution < 1.29 is 19.1 Å². The molecule has 2 aromatic carbocycles. The Labute approximate surface area is 181 Å². The minimum Gasteiger partial charge on any atom is -0.495 e. The van der Waals surface area contributed by atoms with Gasteiger partial charge in [0.1, 0.15) is 5.75 Å². The van der Waals surface area contributed by atoms with Crippen LogP contribution < -0.4 is 9.64 Å². The third-order valence-electron chi connectivity index (χ3n) is 5.45. The molecule has 7 heteroatoms. The SMILES string of the molecule is COc1ccccc1N1CCN(C(=O)COC(=O)c2cc(C)nc3ccccc23)CC1. The Morgan fingerprint density at radius 3 is 2.48 bits per heavy atom. The molecule has 1 aliphatic rings. The van der Waals surface area contributed by atoms with Gasteiger partial charge in [0.2, 0.25) is 0 Å². The Bertz CT molecular complexity index is 1110. The first-order valence-corrected chi connectivity index (χ1v) is 10.3. The van der Waals surface area contributed by atoms with Crippen molar-refractivity contribution in [3.8, 4) is 5.75 Å². The number of amides is 1. The zero-order valence-electron chi connectivity index (χ0n) is 17.7. The van der Waals surface area contributed by atoms with Gasteiger partial charge in [-0.15, -0.1) is 0 Å². The summed E-state index contributed by atoms with van der Waals surface area (Å²) in [7, 11) is 1.65. The van der Waals surface area contributed by atoms with Crippen molar-refractivity contribution in [2.75, 3.05) is 44.8 Å². The molecule has 0 unspecified atom stereocenters. The van der Waals surface area contributed by atoms with Crippen LogP contribution in [-0.2, 0) is 9.53 Å². The second kappa shape index (κ2) is 9.04. The van der Waals surface area contributed by atoms with E-state index in [0.29, 0.717) is 31.7 Å². The van der Waals surface area contributed by atoms with Gasteiger partial charge in [0.15, 0.2) is 6.61 Å². The second-order valence-corrected chi connectivity index (χ2v) is 7.44. The van der Waals surface area contributed by atoms with Gasteiger partial charge in [-0.2, -0.15) is 0 Å². The number of piperazine rings is 1. The summed E-state index contributed by atoms with van der Waals surface area (Å²) in [5.41, 5.74) is 2.90. The third kappa shape index (κ3) is 4.45. The van der Waals surface area contributed by atoms with Gasteiger partial charge >= 0.3 is 5.97 Å². The predicted octanol–water partition coefficient (Wildman–Crippen LogP) is 3.06. The number of fused-ring (bicyclic) bond motifs is 1. The molecule has 0 atom stereocenters. The summed E-state index contributed by atoms with van der Waals surface area (Å²) < 4.78 is 10.8. The first kappa shape index (κ1) is 20.7. The summed E-state index contributed by atoms with van der Waals surface area (Å²) in [6.45, 7) is 4.05. The maximum absolute atomic E-state index is 12.7. The normalized spacial score (nSPS) is 13.9. The minimum atomic E-state index is -0.511. The van der Waals surface area contributed by atoms with E-state index in [-0.39, 0.29) is 12.5 Å². The van der Waals surface area contributed by atoms with Crippen molar-refractivity contribution >= 4 is 28.5 Å². The largest absolute Gasteiger partial charge is 0.495 e. The van der Waals surface area contributed by atoms with Crippen molar-refractivity contribution in [1.82, 2.24) is 9.88 Å². The van der Waals surface area contributed by atoms with Crippen LogP contribution >= 0.6 is 0 Å². The van der Waals surface area contributed by atoms with Gasteiger partial charge in [-0.25, -0.2) is 4.79 Å². The average molecular weight is 419 g/mol. The van der Waals surface area contributed by atoms with Crippen LogP contribution in [-0.4, -0.2) is 61.7 Å². The molecule has 1 aliphatic heterocycles. The quantitative estimate of drug-likeness (QED) is 0.592. The van der Waals surface area contributed by atoms with Crippen LogP contribution in [0.4, 0.5) is 5.69 Å². The van der Waals surface area contributed by atoms with Crippen LogP contribution in [0, 0.1) is 6.92 Å². The lowest BCUT2D eigenvalue weighted by atomic mass is 10.1. The van der Waals surface area contributed by atoms with E-state index in [2.05, 4.69) is 9.88 Å². The molecule has 2 heterocycles. The molecule has 1 amide bonds. The number of ether oxygens (including phenoxy) is 2. The van der Waals surface area contributed by atoms with Crippen LogP contribution in [0.1, 0.15) is 16.1 Å². The molecule has 0 spiro atoms. The van der Waals surface area contributed by atoms with Crippen LogP contribution in [0.3, 0.4) is 0 Å². The fourth-order valence-corrected chi connectivity index (χ4v) is 3.86.